The molecule has 1 aliphatic rings. The van der Waals surface area contributed by atoms with Gasteiger partial charge in [0.05, 0.1) is 18.2 Å². The van der Waals surface area contributed by atoms with E-state index >= 15 is 0 Å². The fourth-order valence-corrected chi connectivity index (χ4v) is 2.66. The summed E-state index contributed by atoms with van der Waals surface area (Å²) in [5, 5.41) is 6.56. The van der Waals surface area contributed by atoms with Crippen LogP contribution in [0, 0.1) is 5.82 Å². The van der Waals surface area contributed by atoms with Crippen LogP contribution >= 0.6 is 12.2 Å². The minimum Gasteiger partial charge on any atom is -0.463 e. The Morgan fingerprint density at radius 1 is 1.32 bits per heavy atom. The maximum Gasteiger partial charge on any atom is 0.338 e. The summed E-state index contributed by atoms with van der Waals surface area (Å²) in [5.41, 5.74) is 2.03. The lowest BCUT2D eigenvalue weighted by Gasteiger charge is -2.31. The van der Waals surface area contributed by atoms with E-state index in [0.29, 0.717) is 23.7 Å². The highest BCUT2D eigenvalue weighted by atomic mass is 32.1. The monoisotopic (exact) mass is 322 g/mol. The third-order valence-corrected chi connectivity index (χ3v) is 3.57. The Morgan fingerprint density at radius 3 is 2.59 bits per heavy atom. The molecule has 1 heterocycles. The second-order valence-electron chi connectivity index (χ2n) is 4.95. The Bertz CT molecular complexity index is 599. The molecular weight excluding hydrogens is 303 g/mol. The lowest BCUT2D eigenvalue weighted by Crippen LogP contribution is -2.45. The standard InChI is InChI=1S/C16H19FN2O2S/c1-3-5-12-13(15(20)21-4-2)14(19-16(22)18-12)10-6-8-11(17)9-7-10/h6-9,14H,3-5H2,1-2H3,(H2,18,19,22)/t14-/m1/s1. The Balaban J connectivity index is 2.47. The molecule has 0 saturated carbocycles. The maximum atomic E-state index is 13.1. The van der Waals surface area contributed by atoms with Crippen molar-refractivity contribution in [2.75, 3.05) is 6.61 Å². The van der Waals surface area contributed by atoms with Gasteiger partial charge >= 0.3 is 5.97 Å². The van der Waals surface area contributed by atoms with Gasteiger partial charge in [-0.25, -0.2) is 9.18 Å². The molecular formula is C16H19FN2O2S. The third kappa shape index (κ3) is 3.62. The van der Waals surface area contributed by atoms with Crippen LogP contribution < -0.4 is 10.6 Å². The smallest absolute Gasteiger partial charge is 0.338 e. The van der Waals surface area contributed by atoms with Crippen LogP contribution in [-0.4, -0.2) is 17.7 Å². The highest BCUT2D eigenvalue weighted by molar-refractivity contribution is 7.80. The minimum atomic E-state index is -0.435. The quantitative estimate of drug-likeness (QED) is 0.645. The SMILES string of the molecule is CCCC1=C(C(=O)OCC)[C@@H](c2ccc(F)cc2)NC(=S)N1. The Kier molecular flexibility index (Phi) is 5.49. The Labute approximate surface area is 134 Å². The number of esters is 1. The molecule has 0 spiro atoms. The van der Waals surface area contributed by atoms with Gasteiger partial charge < -0.3 is 15.4 Å². The fraction of sp³-hybridized carbons (Fsp3) is 0.375. The van der Waals surface area contributed by atoms with E-state index in [-0.39, 0.29) is 11.8 Å². The van der Waals surface area contributed by atoms with Gasteiger partial charge in [-0.1, -0.05) is 25.5 Å². The second-order valence-corrected chi connectivity index (χ2v) is 5.35. The summed E-state index contributed by atoms with van der Waals surface area (Å²) in [6.45, 7) is 4.08. The molecule has 0 unspecified atom stereocenters. The molecule has 2 N–H and O–H groups in total. The molecule has 0 bridgehead atoms. The van der Waals surface area contributed by atoms with Crippen LogP contribution in [0.2, 0.25) is 0 Å². The van der Waals surface area contributed by atoms with E-state index in [1.165, 1.54) is 12.1 Å². The van der Waals surface area contributed by atoms with Crippen molar-refractivity contribution in [2.24, 2.45) is 0 Å². The van der Waals surface area contributed by atoms with Crippen molar-refractivity contribution in [3.8, 4) is 0 Å². The van der Waals surface area contributed by atoms with Crippen molar-refractivity contribution < 1.29 is 13.9 Å². The summed E-state index contributed by atoms with van der Waals surface area (Å²) in [6, 6.07) is 5.58. The number of ether oxygens (including phenoxy) is 1. The highest BCUT2D eigenvalue weighted by Crippen LogP contribution is 2.29. The molecule has 2 rings (SSSR count). The van der Waals surface area contributed by atoms with Gasteiger partial charge in [0.25, 0.3) is 0 Å². The van der Waals surface area contributed by atoms with Crippen molar-refractivity contribution in [3.05, 3.63) is 46.9 Å². The summed E-state index contributed by atoms with van der Waals surface area (Å²) in [6.07, 6.45) is 1.55. The molecule has 1 aromatic rings. The molecule has 22 heavy (non-hydrogen) atoms. The van der Waals surface area contributed by atoms with Crippen molar-refractivity contribution in [2.45, 2.75) is 32.7 Å². The molecule has 0 saturated heterocycles. The lowest BCUT2D eigenvalue weighted by molar-refractivity contribution is -0.139. The van der Waals surface area contributed by atoms with E-state index in [1.807, 2.05) is 6.92 Å². The maximum absolute atomic E-state index is 13.1. The predicted octanol–water partition coefficient (Wildman–Crippen LogP) is 2.96. The number of nitrogens with one attached hydrogen (secondary N) is 2. The van der Waals surface area contributed by atoms with Crippen molar-refractivity contribution in [3.63, 3.8) is 0 Å². The van der Waals surface area contributed by atoms with E-state index in [9.17, 15) is 9.18 Å². The van der Waals surface area contributed by atoms with E-state index in [2.05, 4.69) is 10.6 Å². The number of hydrogen-bond donors (Lipinski definition) is 2. The van der Waals surface area contributed by atoms with E-state index < -0.39 is 6.04 Å². The average molecular weight is 322 g/mol. The first-order valence-corrected chi connectivity index (χ1v) is 7.70. The van der Waals surface area contributed by atoms with Crippen LogP contribution in [0.5, 0.6) is 0 Å². The summed E-state index contributed by atoms with van der Waals surface area (Å²) in [5.74, 6) is -0.710. The fourth-order valence-electron chi connectivity index (χ4n) is 2.42. The van der Waals surface area contributed by atoms with Gasteiger partial charge in [0.2, 0.25) is 0 Å². The van der Waals surface area contributed by atoms with E-state index in [4.69, 9.17) is 17.0 Å². The Morgan fingerprint density at radius 2 is 2.00 bits per heavy atom. The van der Waals surface area contributed by atoms with Gasteiger partial charge in [-0.15, -0.1) is 0 Å². The van der Waals surface area contributed by atoms with Gasteiger partial charge in [0.15, 0.2) is 5.11 Å². The topological polar surface area (TPSA) is 50.4 Å². The van der Waals surface area contributed by atoms with Crippen molar-refractivity contribution >= 4 is 23.3 Å². The molecule has 0 aliphatic carbocycles. The van der Waals surface area contributed by atoms with Crippen LogP contribution in [0.15, 0.2) is 35.5 Å². The van der Waals surface area contributed by atoms with Crippen LogP contribution in [0.4, 0.5) is 4.39 Å². The van der Waals surface area contributed by atoms with Crippen LogP contribution in [-0.2, 0) is 9.53 Å². The number of hydrogen-bond acceptors (Lipinski definition) is 3. The third-order valence-electron chi connectivity index (χ3n) is 3.35. The molecule has 0 radical (unpaired) electrons. The van der Waals surface area contributed by atoms with Crippen molar-refractivity contribution in [1.29, 1.82) is 0 Å². The number of rotatable bonds is 5. The Hall–Kier alpha value is -1.95. The first kappa shape index (κ1) is 16.4. The largest absolute Gasteiger partial charge is 0.463 e. The predicted molar refractivity (Wildman–Crippen MR) is 86.6 cm³/mol. The number of thiocarbonyl (C=S) groups is 1. The summed E-state index contributed by atoms with van der Waals surface area (Å²) < 4.78 is 18.3. The van der Waals surface area contributed by atoms with Crippen LogP contribution in [0.25, 0.3) is 0 Å². The first-order chi connectivity index (χ1) is 10.6. The molecule has 1 aromatic carbocycles. The van der Waals surface area contributed by atoms with Gasteiger partial charge in [-0.05, 0) is 43.3 Å². The number of allylic oxidation sites excluding steroid dienone is 1. The number of benzene rings is 1. The summed E-state index contributed by atoms with van der Waals surface area (Å²) in [7, 11) is 0. The van der Waals surface area contributed by atoms with Crippen LogP contribution in [0.1, 0.15) is 38.3 Å². The number of halogens is 1. The number of carbonyl (C=O) groups excluding carboxylic acids is 1. The first-order valence-electron chi connectivity index (χ1n) is 7.30. The van der Waals surface area contributed by atoms with Gasteiger partial charge in [-0.3, -0.25) is 0 Å². The molecule has 1 aliphatic heterocycles. The van der Waals surface area contributed by atoms with E-state index in [0.717, 1.165) is 17.7 Å². The second kappa shape index (κ2) is 7.35. The molecule has 4 nitrogen and oxygen atoms in total. The highest BCUT2D eigenvalue weighted by Gasteiger charge is 2.31. The zero-order valence-electron chi connectivity index (χ0n) is 12.6. The van der Waals surface area contributed by atoms with Gasteiger partial charge in [-0.2, -0.15) is 0 Å². The van der Waals surface area contributed by atoms with Gasteiger partial charge in [0, 0.05) is 5.70 Å². The van der Waals surface area contributed by atoms with Crippen LogP contribution in [0.3, 0.4) is 0 Å². The normalized spacial score (nSPS) is 17.8. The van der Waals surface area contributed by atoms with Crippen molar-refractivity contribution in [1.82, 2.24) is 10.6 Å². The zero-order chi connectivity index (χ0) is 16.1. The summed E-state index contributed by atoms with van der Waals surface area (Å²) >= 11 is 5.22. The molecule has 0 amide bonds. The minimum absolute atomic E-state index is 0.294. The molecule has 6 heteroatoms. The van der Waals surface area contributed by atoms with Gasteiger partial charge in [0.1, 0.15) is 5.82 Å². The molecule has 0 aromatic heterocycles. The summed E-state index contributed by atoms with van der Waals surface area (Å²) in [4.78, 5) is 12.4. The average Bonchev–Trinajstić information content (AvgIpc) is 2.48. The van der Waals surface area contributed by atoms with E-state index in [1.54, 1.807) is 19.1 Å². The zero-order valence-corrected chi connectivity index (χ0v) is 13.4. The molecule has 0 fully saturated rings. The lowest BCUT2D eigenvalue weighted by atomic mass is 9.94. The number of carbonyl (C=O) groups is 1. The molecule has 118 valence electrons. The molecule has 1 atom stereocenters.